The molecule has 0 aliphatic heterocycles. The lowest BCUT2D eigenvalue weighted by Gasteiger charge is -2.09. The highest BCUT2D eigenvalue weighted by Gasteiger charge is 2.35. The highest BCUT2D eigenvalue weighted by molar-refractivity contribution is 6.02. The molecule has 0 bridgehead atoms. The van der Waals surface area contributed by atoms with Gasteiger partial charge in [-0.05, 0) is 13.3 Å². The summed E-state index contributed by atoms with van der Waals surface area (Å²) in [5.41, 5.74) is -0.743. The van der Waals surface area contributed by atoms with E-state index < -0.39 is 29.5 Å². The smallest absolute Gasteiger partial charge is 0.374 e. The number of halogens is 2. The van der Waals surface area contributed by atoms with E-state index in [0.29, 0.717) is 12.8 Å². The molecule has 1 aromatic heterocycles. The molecule has 0 radical (unpaired) electrons. The van der Waals surface area contributed by atoms with Gasteiger partial charge in [0, 0.05) is 12.8 Å². The van der Waals surface area contributed by atoms with E-state index in [1.165, 1.54) is 0 Å². The number of fused-ring (bicyclic) bond motifs is 1. The molecule has 1 aliphatic carbocycles. The number of carbonyl (C=O) groups excluding carboxylic acids is 2. The average molecular weight is 258 g/mol. The molecule has 0 fully saturated rings. The fourth-order valence-electron chi connectivity index (χ4n) is 2.07. The van der Waals surface area contributed by atoms with Crippen molar-refractivity contribution in [1.29, 1.82) is 0 Å². The Morgan fingerprint density at radius 2 is 2.17 bits per heavy atom. The summed E-state index contributed by atoms with van der Waals surface area (Å²) in [6.45, 7) is 1.62. The van der Waals surface area contributed by atoms with Crippen molar-refractivity contribution in [3.8, 4) is 0 Å². The van der Waals surface area contributed by atoms with Gasteiger partial charge >= 0.3 is 5.97 Å². The number of esters is 1. The van der Waals surface area contributed by atoms with Crippen molar-refractivity contribution in [3.63, 3.8) is 0 Å². The van der Waals surface area contributed by atoms with Gasteiger partial charge in [0.15, 0.2) is 5.78 Å². The van der Waals surface area contributed by atoms with Crippen molar-refractivity contribution in [2.45, 2.75) is 32.6 Å². The number of Topliss-reactive ketones (excluding diaryl/α,β-unsaturated/α-hetero) is 1. The monoisotopic (exact) mass is 258 g/mol. The van der Waals surface area contributed by atoms with Gasteiger partial charge in [-0.15, -0.1) is 0 Å². The second-order valence-corrected chi connectivity index (χ2v) is 3.94. The Morgan fingerprint density at radius 1 is 1.44 bits per heavy atom. The Hall–Kier alpha value is -1.72. The molecule has 0 saturated carbocycles. The molecule has 98 valence electrons. The molecule has 18 heavy (non-hydrogen) atoms. The van der Waals surface area contributed by atoms with Crippen LogP contribution in [0.3, 0.4) is 0 Å². The molecule has 0 amide bonds. The molecule has 0 spiro atoms. The third-order valence-corrected chi connectivity index (χ3v) is 2.78. The summed E-state index contributed by atoms with van der Waals surface area (Å²) in [5, 5.41) is 0. The molecular formula is C12H12F2O4. The second kappa shape index (κ2) is 4.88. The molecular weight excluding hydrogens is 246 g/mol. The predicted octanol–water partition coefficient (Wildman–Crippen LogP) is 2.91. The first kappa shape index (κ1) is 12.7. The Morgan fingerprint density at radius 3 is 2.78 bits per heavy atom. The van der Waals surface area contributed by atoms with Gasteiger partial charge in [-0.1, -0.05) is 0 Å². The summed E-state index contributed by atoms with van der Waals surface area (Å²) < 4.78 is 35.8. The molecule has 4 nitrogen and oxygen atoms in total. The highest BCUT2D eigenvalue weighted by atomic mass is 19.3. The third kappa shape index (κ3) is 2.02. The van der Waals surface area contributed by atoms with Crippen LogP contribution in [-0.2, 0) is 11.2 Å². The molecule has 1 aromatic rings. The summed E-state index contributed by atoms with van der Waals surface area (Å²) in [6.07, 6.45) is -1.79. The first-order valence-electron chi connectivity index (χ1n) is 5.70. The molecule has 1 heterocycles. The van der Waals surface area contributed by atoms with E-state index in [-0.39, 0.29) is 24.4 Å². The quantitative estimate of drug-likeness (QED) is 0.782. The van der Waals surface area contributed by atoms with E-state index in [0.717, 1.165) is 0 Å². The number of ether oxygens (including phenoxy) is 1. The van der Waals surface area contributed by atoms with Crippen molar-refractivity contribution in [2.75, 3.05) is 6.61 Å². The summed E-state index contributed by atoms with van der Waals surface area (Å²) in [7, 11) is 0. The van der Waals surface area contributed by atoms with Crippen LogP contribution in [0.15, 0.2) is 4.42 Å². The van der Waals surface area contributed by atoms with Crippen LogP contribution in [0, 0.1) is 0 Å². The van der Waals surface area contributed by atoms with Crippen molar-refractivity contribution in [1.82, 2.24) is 0 Å². The minimum atomic E-state index is -2.93. The van der Waals surface area contributed by atoms with Gasteiger partial charge in [-0.25, -0.2) is 13.6 Å². The molecule has 1 aliphatic rings. The normalized spacial score (nSPS) is 14.8. The fraction of sp³-hybridized carbons (Fsp3) is 0.500. The second-order valence-electron chi connectivity index (χ2n) is 3.94. The molecule has 0 N–H and O–H groups in total. The Balaban J connectivity index is 2.53. The zero-order chi connectivity index (χ0) is 13.3. The summed E-state index contributed by atoms with van der Waals surface area (Å²) in [6, 6.07) is 0. The van der Waals surface area contributed by atoms with Gasteiger partial charge in [0.1, 0.15) is 5.76 Å². The van der Waals surface area contributed by atoms with Gasteiger partial charge < -0.3 is 9.15 Å². The third-order valence-electron chi connectivity index (χ3n) is 2.78. The zero-order valence-corrected chi connectivity index (χ0v) is 9.79. The average Bonchev–Trinajstić information content (AvgIpc) is 2.70. The Bertz CT molecular complexity index is 491. The van der Waals surface area contributed by atoms with Crippen LogP contribution in [0.4, 0.5) is 8.78 Å². The number of carbonyl (C=O) groups is 2. The van der Waals surface area contributed by atoms with Gasteiger partial charge in [-0.2, -0.15) is 0 Å². The standard InChI is InChI=1S/C12H12F2O4/c1-2-17-12(16)10-9(11(13)14)8-6(15)4-3-5-7(8)18-10/h11H,2-5H2,1H3. The maximum atomic E-state index is 13.0. The lowest BCUT2D eigenvalue weighted by atomic mass is 9.93. The van der Waals surface area contributed by atoms with E-state index in [1.807, 2.05) is 0 Å². The van der Waals surface area contributed by atoms with Gasteiger partial charge in [-0.3, -0.25) is 4.79 Å². The highest BCUT2D eigenvalue weighted by Crippen LogP contribution is 2.36. The number of alkyl halides is 2. The molecule has 6 heteroatoms. The Kier molecular flexibility index (Phi) is 3.45. The number of hydrogen-bond donors (Lipinski definition) is 0. The largest absolute Gasteiger partial charge is 0.460 e. The molecule has 2 rings (SSSR count). The minimum Gasteiger partial charge on any atom is -0.460 e. The SMILES string of the molecule is CCOC(=O)c1oc2c(c1C(F)F)C(=O)CCC2. The summed E-state index contributed by atoms with van der Waals surface area (Å²) in [5.74, 6) is -1.71. The number of ketones is 1. The number of hydrogen-bond acceptors (Lipinski definition) is 4. The maximum absolute atomic E-state index is 13.0. The number of aryl methyl sites for hydroxylation is 1. The van der Waals surface area contributed by atoms with E-state index in [1.54, 1.807) is 6.92 Å². The van der Waals surface area contributed by atoms with Crippen LogP contribution in [-0.4, -0.2) is 18.4 Å². The van der Waals surface area contributed by atoms with E-state index >= 15 is 0 Å². The van der Waals surface area contributed by atoms with Crippen molar-refractivity contribution >= 4 is 11.8 Å². The minimum absolute atomic E-state index is 0.0564. The molecule has 0 atom stereocenters. The van der Waals surface area contributed by atoms with E-state index in [4.69, 9.17) is 4.42 Å². The summed E-state index contributed by atoms with van der Waals surface area (Å²) >= 11 is 0. The topological polar surface area (TPSA) is 56.5 Å². The predicted molar refractivity (Wildman–Crippen MR) is 56.9 cm³/mol. The first-order valence-corrected chi connectivity index (χ1v) is 5.70. The number of furan rings is 1. The van der Waals surface area contributed by atoms with Crippen LogP contribution in [0.5, 0.6) is 0 Å². The van der Waals surface area contributed by atoms with Gasteiger partial charge in [0.25, 0.3) is 6.43 Å². The Labute approximate surface area is 102 Å². The van der Waals surface area contributed by atoms with Crippen LogP contribution < -0.4 is 0 Å². The van der Waals surface area contributed by atoms with Gasteiger partial charge in [0.05, 0.1) is 17.7 Å². The lowest BCUT2D eigenvalue weighted by molar-refractivity contribution is 0.0474. The van der Waals surface area contributed by atoms with Crippen molar-refractivity contribution in [3.05, 3.63) is 22.6 Å². The zero-order valence-electron chi connectivity index (χ0n) is 9.79. The van der Waals surface area contributed by atoms with Crippen LogP contribution in [0.25, 0.3) is 0 Å². The fourth-order valence-corrected chi connectivity index (χ4v) is 2.07. The molecule has 0 unspecified atom stereocenters. The maximum Gasteiger partial charge on any atom is 0.374 e. The number of rotatable bonds is 3. The van der Waals surface area contributed by atoms with E-state index in [9.17, 15) is 18.4 Å². The first-order chi connectivity index (χ1) is 8.56. The van der Waals surface area contributed by atoms with Crippen molar-refractivity contribution in [2.24, 2.45) is 0 Å². The summed E-state index contributed by atoms with van der Waals surface area (Å²) in [4.78, 5) is 23.2. The van der Waals surface area contributed by atoms with Crippen LogP contribution in [0.2, 0.25) is 0 Å². The van der Waals surface area contributed by atoms with Crippen LogP contribution in [0.1, 0.15) is 58.4 Å². The van der Waals surface area contributed by atoms with Crippen LogP contribution >= 0.6 is 0 Å². The van der Waals surface area contributed by atoms with Gasteiger partial charge in [0.2, 0.25) is 5.76 Å². The molecule has 0 saturated heterocycles. The van der Waals surface area contributed by atoms with E-state index in [2.05, 4.69) is 4.74 Å². The van der Waals surface area contributed by atoms with Crippen molar-refractivity contribution < 1.29 is 27.5 Å². The molecule has 0 aromatic carbocycles. The lowest BCUT2D eigenvalue weighted by Crippen LogP contribution is -2.12.